The van der Waals surface area contributed by atoms with Gasteiger partial charge in [-0.15, -0.1) is 0 Å². The summed E-state index contributed by atoms with van der Waals surface area (Å²) in [6.07, 6.45) is 4.00. The van der Waals surface area contributed by atoms with Gasteiger partial charge in [-0.1, -0.05) is 20.8 Å². The SMILES string of the molecule is CC1(C)C(=O)CC[C@@]2(C)[C@H]1CC[C@@]1(C)OC(=O)C[C@@H]21. The summed E-state index contributed by atoms with van der Waals surface area (Å²) in [6, 6.07) is 0. The van der Waals surface area contributed by atoms with E-state index in [0.717, 1.165) is 19.3 Å². The van der Waals surface area contributed by atoms with Crippen molar-refractivity contribution in [3.05, 3.63) is 0 Å². The predicted octanol–water partition coefficient (Wildman–Crippen LogP) is 3.11. The van der Waals surface area contributed by atoms with Crippen molar-refractivity contribution in [2.24, 2.45) is 22.7 Å². The van der Waals surface area contributed by atoms with Crippen molar-refractivity contribution in [1.29, 1.82) is 0 Å². The maximum atomic E-state index is 12.3. The number of ether oxygens (including phenoxy) is 1. The summed E-state index contributed by atoms with van der Waals surface area (Å²) >= 11 is 0. The summed E-state index contributed by atoms with van der Waals surface area (Å²) in [5, 5.41) is 0. The fourth-order valence-electron chi connectivity index (χ4n) is 5.35. The minimum Gasteiger partial charge on any atom is -0.459 e. The molecule has 2 saturated carbocycles. The van der Waals surface area contributed by atoms with Crippen LogP contribution in [0, 0.1) is 22.7 Å². The zero-order valence-electron chi connectivity index (χ0n) is 12.4. The summed E-state index contributed by atoms with van der Waals surface area (Å²) in [7, 11) is 0. The van der Waals surface area contributed by atoms with E-state index in [2.05, 4.69) is 27.7 Å². The molecule has 1 aliphatic heterocycles. The highest BCUT2D eigenvalue weighted by molar-refractivity contribution is 5.85. The molecule has 19 heavy (non-hydrogen) atoms. The number of esters is 1. The average molecular weight is 264 g/mol. The first-order chi connectivity index (χ1) is 8.70. The Labute approximate surface area is 115 Å². The highest BCUT2D eigenvalue weighted by atomic mass is 16.6. The number of ketones is 1. The van der Waals surface area contributed by atoms with Gasteiger partial charge in [-0.2, -0.15) is 0 Å². The van der Waals surface area contributed by atoms with Crippen LogP contribution in [-0.2, 0) is 14.3 Å². The summed E-state index contributed by atoms with van der Waals surface area (Å²) in [5.41, 5.74) is -0.477. The van der Waals surface area contributed by atoms with Crippen molar-refractivity contribution < 1.29 is 14.3 Å². The third-order valence-electron chi connectivity index (χ3n) is 6.46. The van der Waals surface area contributed by atoms with E-state index in [1.165, 1.54) is 0 Å². The molecular weight excluding hydrogens is 240 g/mol. The Morgan fingerprint density at radius 3 is 2.42 bits per heavy atom. The number of rotatable bonds is 0. The normalized spacial score (nSPS) is 48.4. The Kier molecular flexibility index (Phi) is 2.50. The molecule has 3 heteroatoms. The Morgan fingerprint density at radius 2 is 1.74 bits per heavy atom. The molecule has 0 aromatic heterocycles. The lowest BCUT2D eigenvalue weighted by molar-refractivity contribution is -0.171. The van der Waals surface area contributed by atoms with Crippen LogP contribution >= 0.6 is 0 Å². The van der Waals surface area contributed by atoms with Gasteiger partial charge in [-0.05, 0) is 37.5 Å². The van der Waals surface area contributed by atoms with Crippen LogP contribution in [0.4, 0.5) is 0 Å². The quantitative estimate of drug-likeness (QED) is 0.631. The van der Waals surface area contributed by atoms with E-state index in [0.29, 0.717) is 24.5 Å². The van der Waals surface area contributed by atoms with Gasteiger partial charge in [-0.25, -0.2) is 0 Å². The lowest BCUT2D eigenvalue weighted by Crippen LogP contribution is -2.58. The molecule has 3 nitrogen and oxygen atoms in total. The van der Waals surface area contributed by atoms with Crippen molar-refractivity contribution in [2.45, 2.75) is 65.4 Å². The summed E-state index contributed by atoms with van der Waals surface area (Å²) < 4.78 is 5.64. The first-order valence-corrected chi connectivity index (χ1v) is 7.45. The van der Waals surface area contributed by atoms with E-state index in [4.69, 9.17) is 4.74 Å². The van der Waals surface area contributed by atoms with Crippen molar-refractivity contribution in [3.63, 3.8) is 0 Å². The molecule has 2 aliphatic carbocycles. The number of hydrogen-bond donors (Lipinski definition) is 0. The van der Waals surface area contributed by atoms with E-state index in [9.17, 15) is 9.59 Å². The molecule has 0 aromatic rings. The molecule has 0 N–H and O–H groups in total. The van der Waals surface area contributed by atoms with Gasteiger partial charge in [0.1, 0.15) is 11.4 Å². The first kappa shape index (κ1) is 13.1. The molecule has 3 fully saturated rings. The highest BCUT2D eigenvalue weighted by Gasteiger charge is 2.64. The zero-order chi connectivity index (χ0) is 14.1. The maximum Gasteiger partial charge on any atom is 0.306 e. The third-order valence-corrected chi connectivity index (χ3v) is 6.46. The van der Waals surface area contributed by atoms with Crippen LogP contribution in [0.5, 0.6) is 0 Å². The molecule has 0 spiro atoms. The smallest absolute Gasteiger partial charge is 0.306 e. The maximum absolute atomic E-state index is 12.3. The van der Waals surface area contributed by atoms with Crippen molar-refractivity contribution in [3.8, 4) is 0 Å². The Hall–Kier alpha value is -0.860. The van der Waals surface area contributed by atoms with Crippen LogP contribution in [0.2, 0.25) is 0 Å². The second-order valence-electron chi connectivity index (χ2n) is 7.79. The van der Waals surface area contributed by atoms with E-state index < -0.39 is 0 Å². The van der Waals surface area contributed by atoms with Gasteiger partial charge in [0.05, 0.1) is 6.42 Å². The second kappa shape index (κ2) is 3.62. The van der Waals surface area contributed by atoms with Crippen LogP contribution in [-0.4, -0.2) is 17.4 Å². The number of carbonyl (C=O) groups excluding carboxylic acids is 2. The van der Waals surface area contributed by atoms with Gasteiger partial charge in [0.25, 0.3) is 0 Å². The molecule has 0 radical (unpaired) electrons. The summed E-state index contributed by atoms with van der Waals surface area (Å²) in [4.78, 5) is 24.0. The van der Waals surface area contributed by atoms with Crippen molar-refractivity contribution >= 4 is 11.8 Å². The highest BCUT2D eigenvalue weighted by Crippen LogP contribution is 2.64. The molecule has 0 amide bonds. The van der Waals surface area contributed by atoms with Gasteiger partial charge in [0, 0.05) is 17.8 Å². The fraction of sp³-hybridized carbons (Fsp3) is 0.875. The molecule has 1 heterocycles. The van der Waals surface area contributed by atoms with Crippen LogP contribution in [0.1, 0.15) is 59.8 Å². The Morgan fingerprint density at radius 1 is 1.05 bits per heavy atom. The number of Topliss-reactive ketones (excluding diaryl/α,β-unsaturated/α-hetero) is 1. The molecule has 1 saturated heterocycles. The monoisotopic (exact) mass is 264 g/mol. The third kappa shape index (κ3) is 1.56. The molecule has 3 aliphatic rings. The van der Waals surface area contributed by atoms with Crippen LogP contribution < -0.4 is 0 Å². The first-order valence-electron chi connectivity index (χ1n) is 7.45. The molecule has 0 unspecified atom stereocenters. The molecule has 0 aromatic carbocycles. The lowest BCUT2D eigenvalue weighted by atomic mass is 9.45. The minimum absolute atomic E-state index is 0.0518. The summed E-state index contributed by atoms with van der Waals surface area (Å²) in [5.74, 6) is 1.00. The molecular formula is C16H24O3. The van der Waals surface area contributed by atoms with Crippen molar-refractivity contribution in [2.75, 3.05) is 0 Å². The molecule has 4 atom stereocenters. The molecule has 106 valence electrons. The zero-order valence-corrected chi connectivity index (χ0v) is 12.4. The Balaban J connectivity index is 2.03. The molecule has 3 rings (SSSR count). The van der Waals surface area contributed by atoms with Gasteiger partial charge < -0.3 is 4.74 Å². The predicted molar refractivity (Wildman–Crippen MR) is 71.5 cm³/mol. The minimum atomic E-state index is -0.293. The van der Waals surface area contributed by atoms with Gasteiger partial charge in [-0.3, -0.25) is 9.59 Å². The van der Waals surface area contributed by atoms with Crippen LogP contribution in [0.25, 0.3) is 0 Å². The Bertz CT molecular complexity index is 449. The van der Waals surface area contributed by atoms with E-state index in [1.54, 1.807) is 0 Å². The fourth-order valence-corrected chi connectivity index (χ4v) is 5.35. The van der Waals surface area contributed by atoms with Gasteiger partial charge in [0.2, 0.25) is 0 Å². The number of hydrogen-bond acceptors (Lipinski definition) is 3. The largest absolute Gasteiger partial charge is 0.459 e. The second-order valence-corrected chi connectivity index (χ2v) is 7.79. The van der Waals surface area contributed by atoms with E-state index in [-0.39, 0.29) is 28.3 Å². The topological polar surface area (TPSA) is 43.4 Å². The van der Waals surface area contributed by atoms with Gasteiger partial charge in [0.15, 0.2) is 0 Å². The molecule has 0 bridgehead atoms. The van der Waals surface area contributed by atoms with E-state index >= 15 is 0 Å². The summed E-state index contributed by atoms with van der Waals surface area (Å²) in [6.45, 7) is 8.57. The standard InChI is InChI=1S/C16H24O3/c1-14(2)10-5-8-16(4)11(9-13(18)19-16)15(10,3)7-6-12(14)17/h10-11H,5-9H2,1-4H3/t10-,11-,15-,16+/m0/s1. The number of fused-ring (bicyclic) bond motifs is 3. The van der Waals surface area contributed by atoms with Crippen molar-refractivity contribution in [1.82, 2.24) is 0 Å². The van der Waals surface area contributed by atoms with Crippen LogP contribution in [0.3, 0.4) is 0 Å². The average Bonchev–Trinajstić information content (AvgIpc) is 2.61. The van der Waals surface area contributed by atoms with Gasteiger partial charge >= 0.3 is 5.97 Å². The van der Waals surface area contributed by atoms with E-state index in [1.807, 2.05) is 0 Å². The lowest BCUT2D eigenvalue weighted by Gasteiger charge is -2.58. The van der Waals surface area contributed by atoms with Crippen LogP contribution in [0.15, 0.2) is 0 Å². The number of carbonyl (C=O) groups is 2.